The van der Waals surface area contributed by atoms with Crippen LogP contribution in [0.2, 0.25) is 0 Å². The van der Waals surface area contributed by atoms with Crippen molar-refractivity contribution in [2.45, 2.75) is 19.6 Å². The van der Waals surface area contributed by atoms with Gasteiger partial charge in [0.2, 0.25) is 10.0 Å². The molecule has 0 saturated carbocycles. The molecule has 11 heteroatoms. The molecule has 29 heavy (non-hydrogen) atoms. The number of nitrogens with zero attached hydrogens (tertiary/aromatic N) is 3. The van der Waals surface area contributed by atoms with Crippen LogP contribution >= 0.6 is 0 Å². The summed E-state index contributed by atoms with van der Waals surface area (Å²) in [5, 5.41) is 3.19. The zero-order valence-corrected chi connectivity index (χ0v) is 17.5. The molecule has 0 aliphatic carbocycles. The Morgan fingerprint density at radius 1 is 1.21 bits per heavy atom. The molecule has 1 aliphatic heterocycles. The summed E-state index contributed by atoms with van der Waals surface area (Å²) in [6.45, 7) is 6.41. The topological polar surface area (TPSA) is 77.0 Å². The Bertz CT molecular complexity index is 791. The average molecular weight is 436 g/mol. The predicted octanol–water partition coefficient (Wildman–Crippen LogP) is 1.34. The van der Waals surface area contributed by atoms with Gasteiger partial charge >= 0.3 is 6.18 Å². The zero-order valence-electron chi connectivity index (χ0n) is 16.7. The molecule has 1 saturated heterocycles. The van der Waals surface area contributed by atoms with Gasteiger partial charge in [0.1, 0.15) is 0 Å². The molecule has 164 valence electrons. The molecule has 0 spiro atoms. The first kappa shape index (κ1) is 23.4. The zero-order chi connectivity index (χ0) is 21.5. The van der Waals surface area contributed by atoms with Crippen molar-refractivity contribution in [2.75, 3.05) is 52.1 Å². The van der Waals surface area contributed by atoms with Crippen LogP contribution < -0.4 is 10.0 Å². The van der Waals surface area contributed by atoms with E-state index in [2.05, 4.69) is 24.8 Å². The second-order valence-electron chi connectivity index (χ2n) is 6.86. The van der Waals surface area contributed by atoms with Gasteiger partial charge in [0.15, 0.2) is 5.96 Å². The molecule has 0 radical (unpaired) electrons. The third-order valence-corrected chi connectivity index (χ3v) is 5.13. The molecule has 1 aliphatic rings. The lowest BCUT2D eigenvalue weighted by Gasteiger charge is -2.36. The van der Waals surface area contributed by atoms with Crippen LogP contribution in [0.15, 0.2) is 29.3 Å². The highest BCUT2D eigenvalue weighted by molar-refractivity contribution is 7.88. The van der Waals surface area contributed by atoms with E-state index in [9.17, 15) is 21.6 Å². The smallest absolute Gasteiger partial charge is 0.357 e. The van der Waals surface area contributed by atoms with Gasteiger partial charge < -0.3 is 10.2 Å². The first-order valence-corrected chi connectivity index (χ1v) is 11.3. The summed E-state index contributed by atoms with van der Waals surface area (Å²) < 4.78 is 63.2. The van der Waals surface area contributed by atoms with Crippen molar-refractivity contribution in [3.63, 3.8) is 0 Å². The summed E-state index contributed by atoms with van der Waals surface area (Å²) in [6.07, 6.45) is -3.23. The number of hydrogen-bond donors (Lipinski definition) is 2. The van der Waals surface area contributed by atoms with Crippen LogP contribution in [0.5, 0.6) is 0 Å². The Kier molecular flexibility index (Phi) is 8.29. The fraction of sp³-hybridized carbons (Fsp3) is 0.611. The highest BCUT2D eigenvalue weighted by atomic mass is 32.2. The minimum atomic E-state index is -4.34. The number of sulfonamides is 1. The maximum atomic E-state index is 12.9. The third kappa shape index (κ3) is 8.19. The first-order chi connectivity index (χ1) is 13.6. The predicted molar refractivity (Wildman–Crippen MR) is 107 cm³/mol. The fourth-order valence-corrected chi connectivity index (χ4v) is 3.50. The van der Waals surface area contributed by atoms with E-state index >= 15 is 0 Å². The number of halogens is 3. The highest BCUT2D eigenvalue weighted by Gasteiger charge is 2.30. The number of aliphatic imine (C=N–C) groups is 1. The van der Waals surface area contributed by atoms with Crippen molar-refractivity contribution < 1.29 is 21.6 Å². The van der Waals surface area contributed by atoms with E-state index in [1.807, 2.05) is 6.92 Å². The molecule has 1 fully saturated rings. The molecular formula is C18H28F3N5O2S. The van der Waals surface area contributed by atoms with Gasteiger partial charge in [0, 0.05) is 45.8 Å². The van der Waals surface area contributed by atoms with E-state index in [1.165, 1.54) is 12.1 Å². The van der Waals surface area contributed by atoms with Gasteiger partial charge in [-0.2, -0.15) is 13.2 Å². The average Bonchev–Trinajstić information content (AvgIpc) is 2.64. The number of nitrogens with one attached hydrogen (secondary N) is 2. The lowest BCUT2D eigenvalue weighted by molar-refractivity contribution is -0.137. The standard InChI is InChI=1S/C18H28F3N5O2S/c1-3-22-17(23-7-8-24-29(2,27)28)26-11-9-25(10-12-26)14-15-5-4-6-16(13-15)18(19,20)21/h4-6,13,24H,3,7-12,14H2,1-2H3,(H,22,23). The van der Waals surface area contributed by atoms with Crippen molar-refractivity contribution in [1.82, 2.24) is 19.8 Å². The van der Waals surface area contributed by atoms with E-state index < -0.39 is 21.8 Å². The SMILES string of the molecule is CCNC(=NCCNS(C)(=O)=O)N1CCN(Cc2cccc(C(F)(F)F)c2)CC1. The summed E-state index contributed by atoms with van der Waals surface area (Å²) in [6, 6.07) is 5.43. The van der Waals surface area contributed by atoms with E-state index in [-0.39, 0.29) is 6.54 Å². The van der Waals surface area contributed by atoms with Crippen LogP contribution in [-0.4, -0.2) is 76.2 Å². The normalized spacial score (nSPS) is 16.9. The quantitative estimate of drug-likeness (QED) is 0.384. The summed E-state index contributed by atoms with van der Waals surface area (Å²) in [5.74, 6) is 0.710. The second-order valence-corrected chi connectivity index (χ2v) is 8.70. The lowest BCUT2D eigenvalue weighted by atomic mass is 10.1. The molecular weight excluding hydrogens is 407 g/mol. The molecule has 7 nitrogen and oxygen atoms in total. The molecule has 0 bridgehead atoms. The van der Waals surface area contributed by atoms with Crippen LogP contribution in [-0.2, 0) is 22.7 Å². The number of hydrogen-bond acceptors (Lipinski definition) is 4. The van der Waals surface area contributed by atoms with Crippen molar-refractivity contribution in [2.24, 2.45) is 4.99 Å². The number of piperazine rings is 1. The van der Waals surface area contributed by atoms with Crippen molar-refractivity contribution in [3.8, 4) is 0 Å². The first-order valence-electron chi connectivity index (χ1n) is 9.45. The molecule has 1 aromatic rings. The van der Waals surface area contributed by atoms with E-state index in [0.29, 0.717) is 57.3 Å². The van der Waals surface area contributed by atoms with Crippen LogP contribution in [0.25, 0.3) is 0 Å². The van der Waals surface area contributed by atoms with Crippen LogP contribution in [0, 0.1) is 0 Å². The van der Waals surface area contributed by atoms with Crippen molar-refractivity contribution >= 4 is 16.0 Å². The molecule has 0 atom stereocenters. The summed E-state index contributed by atoms with van der Waals surface area (Å²) >= 11 is 0. The fourth-order valence-electron chi connectivity index (χ4n) is 3.04. The van der Waals surface area contributed by atoms with Gasteiger partial charge in [-0.05, 0) is 18.6 Å². The van der Waals surface area contributed by atoms with Gasteiger partial charge in [-0.15, -0.1) is 0 Å². The van der Waals surface area contributed by atoms with Crippen LogP contribution in [0.3, 0.4) is 0 Å². The molecule has 2 rings (SSSR count). The van der Waals surface area contributed by atoms with E-state index in [1.54, 1.807) is 6.07 Å². The Morgan fingerprint density at radius 3 is 2.48 bits per heavy atom. The largest absolute Gasteiger partial charge is 0.416 e. The molecule has 1 heterocycles. The van der Waals surface area contributed by atoms with E-state index in [4.69, 9.17) is 0 Å². The Hall–Kier alpha value is -1.85. The Morgan fingerprint density at radius 2 is 1.90 bits per heavy atom. The number of guanidine groups is 1. The Labute approximate surface area is 170 Å². The number of benzene rings is 1. The van der Waals surface area contributed by atoms with Gasteiger partial charge in [-0.1, -0.05) is 18.2 Å². The van der Waals surface area contributed by atoms with Gasteiger partial charge in [0.25, 0.3) is 0 Å². The maximum absolute atomic E-state index is 12.9. The van der Waals surface area contributed by atoms with Crippen molar-refractivity contribution in [1.29, 1.82) is 0 Å². The molecule has 0 amide bonds. The monoisotopic (exact) mass is 435 g/mol. The molecule has 2 N–H and O–H groups in total. The summed E-state index contributed by atoms with van der Waals surface area (Å²) in [5.41, 5.74) is 0.0126. The van der Waals surface area contributed by atoms with Gasteiger partial charge in [-0.25, -0.2) is 13.1 Å². The lowest BCUT2D eigenvalue weighted by Crippen LogP contribution is -2.52. The second kappa shape index (κ2) is 10.3. The highest BCUT2D eigenvalue weighted by Crippen LogP contribution is 2.29. The number of alkyl halides is 3. The third-order valence-electron chi connectivity index (χ3n) is 4.40. The van der Waals surface area contributed by atoms with E-state index in [0.717, 1.165) is 12.3 Å². The van der Waals surface area contributed by atoms with Crippen LogP contribution in [0.1, 0.15) is 18.1 Å². The van der Waals surface area contributed by atoms with Crippen LogP contribution in [0.4, 0.5) is 13.2 Å². The molecule has 0 aromatic heterocycles. The minimum Gasteiger partial charge on any atom is -0.357 e. The van der Waals surface area contributed by atoms with Gasteiger partial charge in [-0.3, -0.25) is 9.89 Å². The summed E-state index contributed by atoms with van der Waals surface area (Å²) in [7, 11) is -3.24. The van der Waals surface area contributed by atoms with Crippen molar-refractivity contribution in [3.05, 3.63) is 35.4 Å². The molecule has 1 aromatic carbocycles. The number of rotatable bonds is 7. The summed E-state index contributed by atoms with van der Waals surface area (Å²) in [4.78, 5) is 8.64. The Balaban J connectivity index is 1.89. The van der Waals surface area contributed by atoms with Gasteiger partial charge in [0.05, 0.1) is 18.4 Å². The maximum Gasteiger partial charge on any atom is 0.416 e. The molecule has 0 unspecified atom stereocenters. The minimum absolute atomic E-state index is 0.225.